The fourth-order valence-corrected chi connectivity index (χ4v) is 2.47. The molecular weight excluding hydrogens is 284 g/mol. The maximum atomic E-state index is 6.15. The summed E-state index contributed by atoms with van der Waals surface area (Å²) >= 11 is 7.65. The molecule has 0 bridgehead atoms. The average molecular weight is 299 g/mol. The third-order valence-corrected chi connectivity index (χ3v) is 3.76. The number of aromatic nitrogens is 5. The van der Waals surface area contributed by atoms with Gasteiger partial charge in [-0.1, -0.05) is 30.3 Å². The van der Waals surface area contributed by atoms with Gasteiger partial charge in [-0.2, -0.15) is 0 Å². The van der Waals surface area contributed by atoms with Gasteiger partial charge >= 0.3 is 0 Å². The van der Waals surface area contributed by atoms with Crippen molar-refractivity contribution in [2.45, 2.75) is 24.3 Å². The number of thioether (sulfide) groups is 1. The summed E-state index contributed by atoms with van der Waals surface area (Å²) in [5.41, 5.74) is 0.829. The summed E-state index contributed by atoms with van der Waals surface area (Å²) in [4.78, 5) is 4.50. The van der Waals surface area contributed by atoms with Crippen molar-refractivity contribution in [1.29, 1.82) is 0 Å². The summed E-state index contributed by atoms with van der Waals surface area (Å²) in [6.07, 6.45) is 1.05. The SMILES string of the molecule is CCCNc1ccc(Cl)c(CSc2nnnn2C)n1. The van der Waals surface area contributed by atoms with Gasteiger partial charge in [0.25, 0.3) is 0 Å². The Labute approximate surface area is 120 Å². The summed E-state index contributed by atoms with van der Waals surface area (Å²) in [6, 6.07) is 3.74. The van der Waals surface area contributed by atoms with E-state index in [4.69, 9.17) is 11.6 Å². The summed E-state index contributed by atoms with van der Waals surface area (Å²) < 4.78 is 1.62. The van der Waals surface area contributed by atoms with Crippen molar-refractivity contribution < 1.29 is 0 Å². The Morgan fingerprint density at radius 2 is 2.26 bits per heavy atom. The number of hydrogen-bond donors (Lipinski definition) is 1. The van der Waals surface area contributed by atoms with Crippen LogP contribution in [-0.2, 0) is 12.8 Å². The molecule has 0 saturated heterocycles. The third-order valence-electron chi connectivity index (χ3n) is 2.39. The Morgan fingerprint density at radius 1 is 1.42 bits per heavy atom. The molecule has 2 rings (SSSR count). The van der Waals surface area contributed by atoms with Gasteiger partial charge in [0.15, 0.2) is 0 Å². The van der Waals surface area contributed by atoms with Gasteiger partial charge in [0.05, 0.1) is 10.7 Å². The molecule has 102 valence electrons. The maximum absolute atomic E-state index is 6.15. The van der Waals surface area contributed by atoms with E-state index in [1.807, 2.05) is 12.1 Å². The minimum absolute atomic E-state index is 0.634. The quantitative estimate of drug-likeness (QED) is 0.826. The highest BCUT2D eigenvalue weighted by atomic mass is 35.5. The molecule has 0 aliphatic carbocycles. The van der Waals surface area contributed by atoms with Crippen molar-refractivity contribution in [1.82, 2.24) is 25.2 Å². The molecule has 0 aliphatic heterocycles. The number of halogens is 1. The summed E-state index contributed by atoms with van der Waals surface area (Å²) in [5.74, 6) is 1.48. The molecule has 0 spiro atoms. The van der Waals surface area contributed by atoms with Crippen LogP contribution in [0.3, 0.4) is 0 Å². The molecule has 0 saturated carbocycles. The van der Waals surface area contributed by atoms with Crippen molar-refractivity contribution in [3.8, 4) is 0 Å². The molecule has 2 heterocycles. The molecule has 1 N–H and O–H groups in total. The van der Waals surface area contributed by atoms with E-state index in [1.165, 1.54) is 11.8 Å². The van der Waals surface area contributed by atoms with Gasteiger partial charge in [0.2, 0.25) is 5.16 Å². The van der Waals surface area contributed by atoms with E-state index >= 15 is 0 Å². The first-order valence-corrected chi connectivity index (χ1v) is 7.31. The van der Waals surface area contributed by atoms with E-state index in [0.717, 1.165) is 29.6 Å². The van der Waals surface area contributed by atoms with Crippen molar-refractivity contribution in [3.63, 3.8) is 0 Å². The van der Waals surface area contributed by atoms with E-state index in [2.05, 4.69) is 32.7 Å². The fourth-order valence-electron chi connectivity index (χ4n) is 1.41. The number of anilines is 1. The van der Waals surface area contributed by atoms with E-state index in [-0.39, 0.29) is 0 Å². The Morgan fingerprint density at radius 3 is 2.95 bits per heavy atom. The maximum Gasteiger partial charge on any atom is 0.209 e. The largest absolute Gasteiger partial charge is 0.370 e. The van der Waals surface area contributed by atoms with Crippen LogP contribution in [0.4, 0.5) is 5.82 Å². The first kappa shape index (κ1) is 14.1. The minimum atomic E-state index is 0.634. The van der Waals surface area contributed by atoms with Crippen LogP contribution in [0.5, 0.6) is 0 Å². The highest BCUT2D eigenvalue weighted by Gasteiger charge is 2.08. The lowest BCUT2D eigenvalue weighted by Crippen LogP contribution is -2.03. The molecule has 0 unspecified atom stereocenters. The molecule has 6 nitrogen and oxygen atoms in total. The predicted molar refractivity (Wildman–Crippen MR) is 76.4 cm³/mol. The van der Waals surface area contributed by atoms with Crippen molar-refractivity contribution in [2.75, 3.05) is 11.9 Å². The molecule has 2 aromatic heterocycles. The van der Waals surface area contributed by atoms with Gasteiger partial charge in [0.1, 0.15) is 5.82 Å². The van der Waals surface area contributed by atoms with E-state index in [1.54, 1.807) is 11.7 Å². The predicted octanol–water partition coefficient (Wildman–Crippen LogP) is 2.37. The minimum Gasteiger partial charge on any atom is -0.370 e. The van der Waals surface area contributed by atoms with Crippen LogP contribution in [0.25, 0.3) is 0 Å². The van der Waals surface area contributed by atoms with Gasteiger partial charge in [-0.3, -0.25) is 0 Å². The Balaban J connectivity index is 2.04. The lowest BCUT2D eigenvalue weighted by Gasteiger charge is -2.07. The zero-order valence-electron chi connectivity index (χ0n) is 10.8. The molecule has 0 aromatic carbocycles. The van der Waals surface area contributed by atoms with Crippen LogP contribution in [0, 0.1) is 0 Å². The first-order chi connectivity index (χ1) is 9.20. The first-order valence-electron chi connectivity index (χ1n) is 5.95. The monoisotopic (exact) mass is 298 g/mol. The number of hydrogen-bond acceptors (Lipinski definition) is 6. The standard InChI is InChI=1S/C11H15ClN6S/c1-3-6-13-10-5-4-8(12)9(14-10)7-19-11-15-16-17-18(11)2/h4-5H,3,6-7H2,1-2H3,(H,13,14). The second kappa shape index (κ2) is 6.72. The highest BCUT2D eigenvalue weighted by Crippen LogP contribution is 2.24. The molecule has 0 aliphatic rings. The third kappa shape index (κ3) is 3.81. The smallest absolute Gasteiger partial charge is 0.209 e. The van der Waals surface area contributed by atoms with Gasteiger partial charge in [-0.25, -0.2) is 9.67 Å². The topological polar surface area (TPSA) is 68.5 Å². The van der Waals surface area contributed by atoms with Crippen LogP contribution >= 0.6 is 23.4 Å². The highest BCUT2D eigenvalue weighted by molar-refractivity contribution is 7.98. The summed E-state index contributed by atoms with van der Waals surface area (Å²) in [7, 11) is 1.80. The number of nitrogens with one attached hydrogen (secondary N) is 1. The number of rotatable bonds is 6. The van der Waals surface area contributed by atoms with Crippen LogP contribution in [0.15, 0.2) is 17.3 Å². The zero-order chi connectivity index (χ0) is 13.7. The second-order valence-corrected chi connectivity index (χ2v) is 5.28. The number of tetrazole rings is 1. The fraction of sp³-hybridized carbons (Fsp3) is 0.455. The molecule has 19 heavy (non-hydrogen) atoms. The van der Waals surface area contributed by atoms with Gasteiger partial charge < -0.3 is 5.32 Å². The average Bonchev–Trinajstić information content (AvgIpc) is 2.82. The molecule has 2 aromatic rings. The number of aryl methyl sites for hydroxylation is 1. The van der Waals surface area contributed by atoms with E-state index < -0.39 is 0 Å². The second-order valence-electron chi connectivity index (χ2n) is 3.93. The Hall–Kier alpha value is -1.34. The van der Waals surface area contributed by atoms with Gasteiger partial charge in [-0.05, 0) is 29.0 Å². The van der Waals surface area contributed by atoms with Crippen molar-refractivity contribution >= 4 is 29.2 Å². The van der Waals surface area contributed by atoms with Crippen molar-refractivity contribution in [2.24, 2.45) is 7.05 Å². The van der Waals surface area contributed by atoms with Crippen LogP contribution in [0.1, 0.15) is 19.0 Å². The van der Waals surface area contributed by atoms with Crippen LogP contribution < -0.4 is 5.32 Å². The van der Waals surface area contributed by atoms with Gasteiger partial charge in [0, 0.05) is 19.3 Å². The molecule has 0 amide bonds. The van der Waals surface area contributed by atoms with Gasteiger partial charge in [-0.15, -0.1) is 5.10 Å². The summed E-state index contributed by atoms with van der Waals surface area (Å²) in [6.45, 7) is 3.01. The lowest BCUT2D eigenvalue weighted by molar-refractivity contribution is 0.664. The normalized spacial score (nSPS) is 10.7. The number of pyridine rings is 1. The van der Waals surface area contributed by atoms with Crippen LogP contribution in [-0.4, -0.2) is 31.7 Å². The summed E-state index contributed by atoms with van der Waals surface area (Å²) in [5, 5.41) is 15.9. The van der Waals surface area contributed by atoms with E-state index in [0.29, 0.717) is 10.8 Å². The molecule has 0 atom stereocenters. The zero-order valence-corrected chi connectivity index (χ0v) is 12.4. The number of nitrogens with zero attached hydrogens (tertiary/aromatic N) is 5. The van der Waals surface area contributed by atoms with E-state index in [9.17, 15) is 0 Å². The van der Waals surface area contributed by atoms with Crippen molar-refractivity contribution in [3.05, 3.63) is 22.8 Å². The molecule has 8 heteroatoms. The molecule has 0 fully saturated rings. The lowest BCUT2D eigenvalue weighted by atomic mass is 10.3. The Bertz CT molecular complexity index is 544. The van der Waals surface area contributed by atoms with Crippen LogP contribution in [0.2, 0.25) is 5.02 Å². The molecule has 0 radical (unpaired) electrons. The molecular formula is C11H15ClN6S. The Kier molecular flexibility index (Phi) is 4.98.